The Morgan fingerprint density at radius 1 is 1.33 bits per heavy atom. The van der Waals surface area contributed by atoms with Crippen molar-refractivity contribution in [2.45, 2.75) is 6.18 Å². The molecule has 1 aromatic rings. The summed E-state index contributed by atoms with van der Waals surface area (Å²) < 4.78 is 45.0. The monoisotopic (exact) mass is 322 g/mol. The molecule has 0 aliphatic rings. The number of thiocarbonyl (C=S) groups is 1. The van der Waals surface area contributed by atoms with Crippen LogP contribution in [0, 0.1) is 0 Å². The predicted molar refractivity (Wildman–Crippen MR) is 74.2 cm³/mol. The van der Waals surface area contributed by atoms with Crippen LogP contribution in [-0.2, 0) is 9.53 Å². The number of alkyl halides is 3. The second-order valence-corrected chi connectivity index (χ2v) is 4.46. The SMILES string of the molecule is NC(=S)COc1cccc(NC(=O)COCC(F)(F)F)c1. The van der Waals surface area contributed by atoms with Crippen molar-refractivity contribution in [1.82, 2.24) is 0 Å². The summed E-state index contributed by atoms with van der Waals surface area (Å²) >= 11 is 4.65. The van der Waals surface area contributed by atoms with Crippen molar-refractivity contribution < 1.29 is 27.4 Å². The number of ether oxygens (including phenoxy) is 2. The molecule has 1 rings (SSSR count). The number of halogens is 3. The summed E-state index contributed by atoms with van der Waals surface area (Å²) in [6.45, 7) is -2.13. The molecule has 0 aromatic heterocycles. The van der Waals surface area contributed by atoms with Gasteiger partial charge in [0.25, 0.3) is 0 Å². The summed E-state index contributed by atoms with van der Waals surface area (Å²) in [6, 6.07) is 6.25. The van der Waals surface area contributed by atoms with E-state index in [2.05, 4.69) is 22.3 Å². The minimum absolute atomic E-state index is 0.0431. The third-order valence-corrected chi connectivity index (χ3v) is 2.12. The number of carbonyl (C=O) groups excluding carboxylic acids is 1. The number of nitrogens with one attached hydrogen (secondary N) is 1. The van der Waals surface area contributed by atoms with E-state index in [1.54, 1.807) is 18.2 Å². The second-order valence-electron chi connectivity index (χ2n) is 3.94. The predicted octanol–water partition coefficient (Wildman–Crippen LogP) is 1.87. The first-order chi connectivity index (χ1) is 9.76. The largest absolute Gasteiger partial charge is 0.486 e. The normalized spacial score (nSPS) is 11.0. The van der Waals surface area contributed by atoms with Crippen LogP contribution in [0.3, 0.4) is 0 Å². The molecule has 5 nitrogen and oxygen atoms in total. The molecule has 0 aliphatic heterocycles. The molecule has 1 aromatic carbocycles. The van der Waals surface area contributed by atoms with Gasteiger partial charge in [0, 0.05) is 11.8 Å². The summed E-state index contributed by atoms with van der Waals surface area (Å²) in [5, 5.41) is 2.38. The van der Waals surface area contributed by atoms with Crippen LogP contribution in [0.4, 0.5) is 18.9 Å². The van der Waals surface area contributed by atoms with Crippen molar-refractivity contribution in [2.24, 2.45) is 5.73 Å². The zero-order valence-electron chi connectivity index (χ0n) is 10.8. The van der Waals surface area contributed by atoms with Gasteiger partial charge in [-0.15, -0.1) is 0 Å². The maximum absolute atomic E-state index is 11.8. The van der Waals surface area contributed by atoms with Crippen LogP contribution in [-0.4, -0.2) is 36.9 Å². The first kappa shape index (κ1) is 17.2. The van der Waals surface area contributed by atoms with Crippen LogP contribution in [0.15, 0.2) is 24.3 Å². The molecule has 0 saturated carbocycles. The molecule has 0 aliphatic carbocycles. The Hall–Kier alpha value is -1.87. The van der Waals surface area contributed by atoms with E-state index >= 15 is 0 Å². The molecular weight excluding hydrogens is 309 g/mol. The molecule has 0 radical (unpaired) electrons. The fourth-order valence-corrected chi connectivity index (χ4v) is 1.33. The van der Waals surface area contributed by atoms with E-state index < -0.39 is 25.3 Å². The molecule has 0 fully saturated rings. The Balaban J connectivity index is 2.45. The van der Waals surface area contributed by atoms with Gasteiger partial charge in [-0.25, -0.2) is 0 Å². The number of carbonyl (C=O) groups is 1. The quantitative estimate of drug-likeness (QED) is 0.750. The van der Waals surface area contributed by atoms with E-state index in [1.165, 1.54) is 6.07 Å². The summed E-state index contributed by atoms with van der Waals surface area (Å²) in [5.41, 5.74) is 5.63. The molecule has 0 spiro atoms. The zero-order chi connectivity index (χ0) is 15.9. The van der Waals surface area contributed by atoms with Crippen molar-refractivity contribution >= 4 is 28.8 Å². The first-order valence-electron chi connectivity index (χ1n) is 5.72. The average molecular weight is 322 g/mol. The molecule has 9 heteroatoms. The number of nitrogens with two attached hydrogens (primary N) is 1. The Kier molecular flexibility index (Phi) is 6.38. The van der Waals surface area contributed by atoms with Gasteiger partial charge in [0.1, 0.15) is 30.6 Å². The molecule has 0 unspecified atom stereocenters. The number of hydrogen-bond acceptors (Lipinski definition) is 4. The average Bonchev–Trinajstić information content (AvgIpc) is 2.35. The maximum atomic E-state index is 11.8. The number of rotatable bonds is 7. The number of hydrogen-bond donors (Lipinski definition) is 2. The van der Waals surface area contributed by atoms with Gasteiger partial charge in [0.15, 0.2) is 0 Å². The molecule has 21 heavy (non-hydrogen) atoms. The number of amides is 1. The van der Waals surface area contributed by atoms with E-state index in [4.69, 9.17) is 10.5 Å². The third-order valence-electron chi connectivity index (χ3n) is 2.00. The van der Waals surface area contributed by atoms with Crippen molar-refractivity contribution in [2.75, 3.05) is 25.1 Å². The summed E-state index contributed by atoms with van der Waals surface area (Å²) in [6.07, 6.45) is -4.46. The zero-order valence-corrected chi connectivity index (χ0v) is 11.6. The van der Waals surface area contributed by atoms with Crippen LogP contribution in [0.1, 0.15) is 0 Å². The highest BCUT2D eigenvalue weighted by atomic mass is 32.1. The van der Waals surface area contributed by atoms with Crippen molar-refractivity contribution in [1.29, 1.82) is 0 Å². The van der Waals surface area contributed by atoms with Crippen molar-refractivity contribution in [3.8, 4) is 5.75 Å². The topological polar surface area (TPSA) is 73.6 Å². The molecule has 3 N–H and O–H groups in total. The van der Waals surface area contributed by atoms with Gasteiger partial charge >= 0.3 is 6.18 Å². The van der Waals surface area contributed by atoms with Crippen LogP contribution < -0.4 is 15.8 Å². The minimum atomic E-state index is -4.46. The first-order valence-corrected chi connectivity index (χ1v) is 6.12. The van der Waals surface area contributed by atoms with Gasteiger partial charge in [0.05, 0.1) is 0 Å². The van der Waals surface area contributed by atoms with Crippen LogP contribution in [0.2, 0.25) is 0 Å². The van der Waals surface area contributed by atoms with E-state index in [0.29, 0.717) is 11.4 Å². The highest BCUT2D eigenvalue weighted by Crippen LogP contribution is 2.17. The third kappa shape index (κ3) is 8.10. The number of anilines is 1. The molecule has 0 bridgehead atoms. The van der Waals surface area contributed by atoms with E-state index in [0.717, 1.165) is 0 Å². The summed E-state index contributed by atoms with van der Waals surface area (Å²) in [5.74, 6) is -0.289. The Morgan fingerprint density at radius 2 is 2.05 bits per heavy atom. The molecule has 0 atom stereocenters. The van der Waals surface area contributed by atoms with Crippen LogP contribution >= 0.6 is 12.2 Å². The lowest BCUT2D eigenvalue weighted by molar-refractivity contribution is -0.174. The van der Waals surface area contributed by atoms with Gasteiger partial charge in [-0.2, -0.15) is 13.2 Å². The van der Waals surface area contributed by atoms with Crippen LogP contribution in [0.5, 0.6) is 5.75 Å². The lowest BCUT2D eigenvalue weighted by Crippen LogP contribution is -2.24. The maximum Gasteiger partial charge on any atom is 0.411 e. The fourth-order valence-electron chi connectivity index (χ4n) is 1.27. The van der Waals surface area contributed by atoms with Gasteiger partial charge in [-0.05, 0) is 12.1 Å². The molecule has 0 saturated heterocycles. The van der Waals surface area contributed by atoms with Gasteiger partial charge in [0.2, 0.25) is 5.91 Å². The minimum Gasteiger partial charge on any atom is -0.486 e. The fraction of sp³-hybridized carbons (Fsp3) is 0.333. The van der Waals surface area contributed by atoms with Gasteiger partial charge in [-0.1, -0.05) is 18.3 Å². The van der Waals surface area contributed by atoms with Crippen molar-refractivity contribution in [3.05, 3.63) is 24.3 Å². The summed E-state index contributed by atoms with van der Waals surface area (Å²) in [4.78, 5) is 11.6. The van der Waals surface area contributed by atoms with E-state index in [9.17, 15) is 18.0 Å². The van der Waals surface area contributed by atoms with Gasteiger partial charge in [-0.3, -0.25) is 4.79 Å². The van der Waals surface area contributed by atoms with E-state index in [1.807, 2.05) is 0 Å². The smallest absolute Gasteiger partial charge is 0.411 e. The highest BCUT2D eigenvalue weighted by Gasteiger charge is 2.27. The van der Waals surface area contributed by atoms with Crippen molar-refractivity contribution in [3.63, 3.8) is 0 Å². The Morgan fingerprint density at radius 3 is 2.67 bits per heavy atom. The van der Waals surface area contributed by atoms with Gasteiger partial charge < -0.3 is 20.5 Å². The van der Waals surface area contributed by atoms with E-state index in [-0.39, 0.29) is 11.6 Å². The summed E-state index contributed by atoms with van der Waals surface area (Å²) in [7, 11) is 0. The standard InChI is InChI=1S/C12H13F3N2O3S/c13-12(14,15)7-19-6-11(18)17-8-2-1-3-9(4-8)20-5-10(16)21/h1-4H,5-7H2,(H2,16,21)(H,17,18). The molecule has 1 amide bonds. The lowest BCUT2D eigenvalue weighted by atomic mass is 10.3. The van der Waals surface area contributed by atoms with Crippen LogP contribution in [0.25, 0.3) is 0 Å². The Bertz CT molecular complexity index is 509. The Labute approximate surface area is 124 Å². The number of benzene rings is 1. The molecule has 0 heterocycles. The highest BCUT2D eigenvalue weighted by molar-refractivity contribution is 7.80. The second kappa shape index (κ2) is 7.79. The molecule has 116 valence electrons. The lowest BCUT2D eigenvalue weighted by Gasteiger charge is -2.10. The molecular formula is C12H13F3N2O3S.